The van der Waals surface area contributed by atoms with Gasteiger partial charge in [0, 0.05) is 45.7 Å². The average Bonchev–Trinajstić information content (AvgIpc) is 2.95. The molecule has 1 atom stereocenters. The second-order valence-electron chi connectivity index (χ2n) is 8.76. The fourth-order valence-electron chi connectivity index (χ4n) is 4.65. The molecule has 3 saturated heterocycles. The van der Waals surface area contributed by atoms with E-state index in [9.17, 15) is 9.59 Å². The summed E-state index contributed by atoms with van der Waals surface area (Å²) < 4.78 is 0. The minimum atomic E-state index is 0.298. The summed E-state index contributed by atoms with van der Waals surface area (Å²) in [7, 11) is 2.11. The zero-order valence-corrected chi connectivity index (χ0v) is 17.2. The number of piperidine rings is 1. The van der Waals surface area contributed by atoms with Crippen LogP contribution in [0.2, 0.25) is 0 Å². The van der Waals surface area contributed by atoms with Crippen molar-refractivity contribution in [2.75, 3.05) is 66.0 Å². The Morgan fingerprint density at radius 3 is 2.19 bits per heavy atom. The Labute approximate surface area is 164 Å². The smallest absolute Gasteiger partial charge is 0.236 e. The fraction of sp³-hybridized carbons (Fsp3) is 0.905. The number of likely N-dealkylation sites (tertiary alicyclic amines) is 2. The molecule has 3 fully saturated rings. The van der Waals surface area contributed by atoms with Gasteiger partial charge in [-0.2, -0.15) is 0 Å². The SMILES string of the molecule is CN1CCN(C(=O)CC[C@H]2CCCN(C(=O)CN3CCCCCC3)C2)CC1. The minimum Gasteiger partial charge on any atom is -0.341 e. The molecule has 0 aromatic carbocycles. The van der Waals surface area contributed by atoms with Crippen LogP contribution in [0.3, 0.4) is 0 Å². The highest BCUT2D eigenvalue weighted by atomic mass is 16.2. The number of amides is 2. The van der Waals surface area contributed by atoms with Gasteiger partial charge in [-0.05, 0) is 58.2 Å². The van der Waals surface area contributed by atoms with Crippen LogP contribution in [-0.2, 0) is 9.59 Å². The van der Waals surface area contributed by atoms with E-state index < -0.39 is 0 Å². The van der Waals surface area contributed by atoms with Crippen LogP contribution in [0.25, 0.3) is 0 Å². The molecular weight excluding hydrogens is 340 g/mol. The first-order valence-electron chi connectivity index (χ1n) is 11.1. The van der Waals surface area contributed by atoms with Crippen molar-refractivity contribution in [2.45, 2.75) is 51.4 Å². The lowest BCUT2D eigenvalue weighted by atomic mass is 9.93. The van der Waals surface area contributed by atoms with E-state index in [-0.39, 0.29) is 0 Å². The Balaban J connectivity index is 1.39. The summed E-state index contributed by atoms with van der Waals surface area (Å²) >= 11 is 0. The molecule has 0 N–H and O–H groups in total. The molecule has 0 aromatic heterocycles. The third-order valence-corrected chi connectivity index (χ3v) is 6.55. The first-order chi connectivity index (χ1) is 13.1. The molecule has 0 aliphatic carbocycles. The topological polar surface area (TPSA) is 47.1 Å². The average molecular weight is 379 g/mol. The number of hydrogen-bond donors (Lipinski definition) is 0. The highest BCUT2D eigenvalue weighted by Gasteiger charge is 2.26. The third kappa shape index (κ3) is 6.46. The quantitative estimate of drug-likeness (QED) is 0.730. The molecule has 154 valence electrons. The molecule has 0 bridgehead atoms. The van der Waals surface area contributed by atoms with Gasteiger partial charge in [-0.1, -0.05) is 12.8 Å². The molecule has 0 saturated carbocycles. The molecule has 3 aliphatic heterocycles. The van der Waals surface area contributed by atoms with Crippen LogP contribution in [0.15, 0.2) is 0 Å². The summed E-state index contributed by atoms with van der Waals surface area (Å²) in [6.07, 6.45) is 8.87. The second kappa shape index (κ2) is 10.4. The molecule has 3 heterocycles. The van der Waals surface area contributed by atoms with Crippen LogP contribution in [0.1, 0.15) is 51.4 Å². The van der Waals surface area contributed by atoms with Crippen molar-refractivity contribution in [3.63, 3.8) is 0 Å². The van der Waals surface area contributed by atoms with Gasteiger partial charge in [0.15, 0.2) is 0 Å². The lowest BCUT2D eigenvalue weighted by Gasteiger charge is -2.35. The highest BCUT2D eigenvalue weighted by molar-refractivity contribution is 5.78. The molecule has 3 rings (SSSR count). The molecular formula is C21H38N4O2. The summed E-state index contributed by atoms with van der Waals surface area (Å²) in [6.45, 7) is 8.17. The minimum absolute atomic E-state index is 0.298. The molecule has 6 heteroatoms. The van der Waals surface area contributed by atoms with Crippen molar-refractivity contribution in [1.82, 2.24) is 19.6 Å². The van der Waals surface area contributed by atoms with Crippen LogP contribution in [-0.4, -0.2) is 97.4 Å². The van der Waals surface area contributed by atoms with Gasteiger partial charge in [0.1, 0.15) is 0 Å². The lowest BCUT2D eigenvalue weighted by molar-refractivity contribution is -0.134. The Morgan fingerprint density at radius 1 is 0.778 bits per heavy atom. The van der Waals surface area contributed by atoms with Crippen molar-refractivity contribution in [3.8, 4) is 0 Å². The maximum atomic E-state index is 12.7. The summed E-state index contributed by atoms with van der Waals surface area (Å²) in [5.74, 6) is 1.09. The summed E-state index contributed by atoms with van der Waals surface area (Å²) in [5.41, 5.74) is 0. The molecule has 3 aliphatic rings. The fourth-order valence-corrected chi connectivity index (χ4v) is 4.65. The Morgan fingerprint density at radius 2 is 1.48 bits per heavy atom. The zero-order valence-electron chi connectivity index (χ0n) is 17.2. The van der Waals surface area contributed by atoms with Gasteiger partial charge in [0.25, 0.3) is 0 Å². The third-order valence-electron chi connectivity index (χ3n) is 6.55. The number of rotatable bonds is 5. The molecule has 0 radical (unpaired) electrons. The summed E-state index contributed by atoms with van der Waals surface area (Å²) in [4.78, 5) is 33.9. The van der Waals surface area contributed by atoms with E-state index in [1.807, 2.05) is 4.90 Å². The van der Waals surface area contributed by atoms with E-state index in [1.54, 1.807) is 0 Å². The Bertz CT molecular complexity index is 483. The normalized spacial score (nSPS) is 26.0. The predicted octanol–water partition coefficient (Wildman–Crippen LogP) is 1.66. The second-order valence-corrected chi connectivity index (χ2v) is 8.76. The number of nitrogens with zero attached hydrogens (tertiary/aromatic N) is 4. The lowest BCUT2D eigenvalue weighted by Crippen LogP contribution is -2.47. The zero-order chi connectivity index (χ0) is 19.1. The van der Waals surface area contributed by atoms with Crippen LogP contribution in [0, 0.1) is 5.92 Å². The maximum Gasteiger partial charge on any atom is 0.236 e. The molecule has 0 spiro atoms. The van der Waals surface area contributed by atoms with Crippen molar-refractivity contribution in [2.24, 2.45) is 5.92 Å². The van der Waals surface area contributed by atoms with E-state index in [4.69, 9.17) is 0 Å². The Hall–Kier alpha value is -1.14. The van der Waals surface area contributed by atoms with Crippen molar-refractivity contribution in [3.05, 3.63) is 0 Å². The first kappa shape index (κ1) is 20.6. The van der Waals surface area contributed by atoms with Crippen molar-refractivity contribution in [1.29, 1.82) is 0 Å². The highest BCUT2D eigenvalue weighted by Crippen LogP contribution is 2.22. The van der Waals surface area contributed by atoms with Crippen molar-refractivity contribution >= 4 is 11.8 Å². The summed E-state index contributed by atoms with van der Waals surface area (Å²) in [5, 5.41) is 0. The molecule has 6 nitrogen and oxygen atoms in total. The van der Waals surface area contributed by atoms with E-state index in [1.165, 1.54) is 25.7 Å². The summed E-state index contributed by atoms with van der Waals surface area (Å²) in [6, 6.07) is 0. The van der Waals surface area contributed by atoms with Crippen LogP contribution in [0.4, 0.5) is 0 Å². The van der Waals surface area contributed by atoms with Gasteiger partial charge in [-0.15, -0.1) is 0 Å². The number of carbonyl (C=O) groups is 2. The van der Waals surface area contributed by atoms with Crippen LogP contribution < -0.4 is 0 Å². The maximum absolute atomic E-state index is 12.7. The van der Waals surface area contributed by atoms with E-state index in [2.05, 4.69) is 21.7 Å². The first-order valence-corrected chi connectivity index (χ1v) is 11.1. The predicted molar refractivity (Wildman–Crippen MR) is 108 cm³/mol. The monoisotopic (exact) mass is 378 g/mol. The van der Waals surface area contributed by atoms with E-state index in [0.29, 0.717) is 30.7 Å². The number of carbonyl (C=O) groups excluding carboxylic acids is 2. The van der Waals surface area contributed by atoms with E-state index >= 15 is 0 Å². The van der Waals surface area contributed by atoms with E-state index in [0.717, 1.165) is 71.6 Å². The van der Waals surface area contributed by atoms with Crippen LogP contribution >= 0.6 is 0 Å². The largest absolute Gasteiger partial charge is 0.341 e. The van der Waals surface area contributed by atoms with Gasteiger partial charge in [-0.3, -0.25) is 14.5 Å². The molecule has 0 aromatic rings. The number of hydrogen-bond acceptors (Lipinski definition) is 4. The van der Waals surface area contributed by atoms with Crippen molar-refractivity contribution < 1.29 is 9.59 Å². The number of piperazine rings is 1. The van der Waals surface area contributed by atoms with Gasteiger partial charge in [0.05, 0.1) is 6.54 Å². The van der Waals surface area contributed by atoms with Gasteiger partial charge < -0.3 is 14.7 Å². The van der Waals surface area contributed by atoms with Gasteiger partial charge in [-0.25, -0.2) is 0 Å². The molecule has 0 unspecified atom stereocenters. The molecule has 2 amide bonds. The molecule has 27 heavy (non-hydrogen) atoms. The standard InChI is InChI=1S/C21H38N4O2/c1-22-13-15-24(16-14-22)20(26)9-8-19-7-6-12-25(17-19)21(27)18-23-10-4-2-3-5-11-23/h19H,2-18H2,1H3/t19-/m1/s1. The number of likely N-dealkylation sites (N-methyl/N-ethyl adjacent to an activating group) is 1. The van der Waals surface area contributed by atoms with Crippen LogP contribution in [0.5, 0.6) is 0 Å². The van der Waals surface area contributed by atoms with Gasteiger partial charge in [0.2, 0.25) is 11.8 Å². The Kier molecular flexibility index (Phi) is 7.94. The van der Waals surface area contributed by atoms with Gasteiger partial charge >= 0.3 is 0 Å².